The molecule has 5 rings (SSSR count). The lowest BCUT2D eigenvalue weighted by molar-refractivity contribution is 0.0965. The quantitative estimate of drug-likeness (QED) is 0.381. The van der Waals surface area contributed by atoms with E-state index in [0.29, 0.717) is 16.5 Å². The lowest BCUT2D eigenvalue weighted by Crippen LogP contribution is -2.28. The molecule has 0 aliphatic carbocycles. The number of hydrogen-bond acceptors (Lipinski definition) is 4. The van der Waals surface area contributed by atoms with Crippen molar-refractivity contribution >= 4 is 22.5 Å². The molecule has 0 bridgehead atoms. The molecule has 0 N–H and O–H groups in total. The molecule has 34 heavy (non-hydrogen) atoms. The van der Waals surface area contributed by atoms with Gasteiger partial charge in [0.2, 0.25) is 5.78 Å². The van der Waals surface area contributed by atoms with E-state index in [9.17, 15) is 14.4 Å². The summed E-state index contributed by atoms with van der Waals surface area (Å²) in [6.45, 7) is 5.89. The molecule has 0 fully saturated rings. The van der Waals surface area contributed by atoms with Crippen LogP contribution in [0.2, 0.25) is 0 Å². The minimum Gasteiger partial charge on any atom is -0.292 e. The molecule has 0 aliphatic rings. The van der Waals surface area contributed by atoms with Crippen LogP contribution in [-0.2, 0) is 13.1 Å². The summed E-state index contributed by atoms with van der Waals surface area (Å²) in [7, 11) is 0. The Morgan fingerprint density at radius 1 is 0.882 bits per heavy atom. The maximum atomic E-state index is 13.4. The first kappa shape index (κ1) is 21.6. The van der Waals surface area contributed by atoms with E-state index in [4.69, 9.17) is 0 Å². The standard InChI is InChI=1S/C27H24N4O3/c1-17-8-11-20(12-9-17)15-29-25(33)22-6-4-5-7-23(22)31-26(29)28-30(27(31)34)16-24(32)21-13-10-18(2)14-19(21)3/h4-14H,15-16H2,1-3H3. The summed E-state index contributed by atoms with van der Waals surface area (Å²) in [5.74, 6) is 0.00227. The van der Waals surface area contributed by atoms with Crippen LogP contribution in [0.3, 0.4) is 0 Å². The van der Waals surface area contributed by atoms with Gasteiger partial charge >= 0.3 is 5.69 Å². The average molecular weight is 453 g/mol. The Morgan fingerprint density at radius 3 is 2.32 bits per heavy atom. The second kappa shape index (κ2) is 8.26. The van der Waals surface area contributed by atoms with E-state index in [1.165, 1.54) is 8.97 Å². The van der Waals surface area contributed by atoms with E-state index in [0.717, 1.165) is 26.9 Å². The Labute approximate surface area is 195 Å². The van der Waals surface area contributed by atoms with Crippen molar-refractivity contribution in [2.45, 2.75) is 33.9 Å². The Balaban J connectivity index is 1.68. The number of nitrogens with zero attached hydrogens (tertiary/aromatic N) is 4. The number of hydrogen-bond donors (Lipinski definition) is 0. The third-order valence-corrected chi connectivity index (χ3v) is 6.12. The molecule has 2 aromatic heterocycles. The summed E-state index contributed by atoms with van der Waals surface area (Å²) in [5.41, 5.74) is 4.27. The monoisotopic (exact) mass is 452 g/mol. The zero-order chi connectivity index (χ0) is 24.0. The first-order valence-electron chi connectivity index (χ1n) is 11.1. The number of fused-ring (bicyclic) bond motifs is 3. The molecule has 0 amide bonds. The molecular formula is C27H24N4O3. The highest BCUT2D eigenvalue weighted by Crippen LogP contribution is 2.15. The fourth-order valence-electron chi connectivity index (χ4n) is 4.34. The molecule has 2 heterocycles. The summed E-state index contributed by atoms with van der Waals surface area (Å²) in [6.07, 6.45) is 0. The molecule has 3 aromatic carbocycles. The third kappa shape index (κ3) is 3.65. The number of carbonyl (C=O) groups is 1. The number of rotatable bonds is 5. The number of para-hydroxylation sites is 1. The summed E-state index contributed by atoms with van der Waals surface area (Å²) in [6, 6.07) is 20.4. The van der Waals surface area contributed by atoms with Crippen LogP contribution in [0.15, 0.2) is 76.3 Å². The predicted octanol–water partition coefficient (Wildman–Crippen LogP) is 3.67. The maximum Gasteiger partial charge on any atom is 0.352 e. The predicted molar refractivity (Wildman–Crippen MR) is 132 cm³/mol. The van der Waals surface area contributed by atoms with Crippen LogP contribution >= 0.6 is 0 Å². The van der Waals surface area contributed by atoms with E-state index in [2.05, 4.69) is 5.10 Å². The van der Waals surface area contributed by atoms with Crippen molar-refractivity contribution in [2.24, 2.45) is 0 Å². The van der Waals surface area contributed by atoms with Gasteiger partial charge in [0, 0.05) is 5.56 Å². The highest BCUT2D eigenvalue weighted by Gasteiger charge is 2.20. The lowest BCUT2D eigenvalue weighted by Gasteiger charge is -2.10. The Hall–Kier alpha value is -4.26. The lowest BCUT2D eigenvalue weighted by atomic mass is 10.0. The van der Waals surface area contributed by atoms with Crippen LogP contribution in [0, 0.1) is 20.8 Å². The molecule has 170 valence electrons. The molecular weight excluding hydrogens is 428 g/mol. The van der Waals surface area contributed by atoms with Gasteiger partial charge in [0.25, 0.3) is 5.56 Å². The van der Waals surface area contributed by atoms with Gasteiger partial charge in [-0.15, -0.1) is 5.10 Å². The first-order chi connectivity index (χ1) is 16.3. The average Bonchev–Trinajstić information content (AvgIpc) is 3.13. The molecule has 7 nitrogen and oxygen atoms in total. The third-order valence-electron chi connectivity index (χ3n) is 6.12. The van der Waals surface area contributed by atoms with E-state index >= 15 is 0 Å². The van der Waals surface area contributed by atoms with Crippen molar-refractivity contribution in [1.29, 1.82) is 0 Å². The molecule has 0 saturated heterocycles. The second-order valence-corrected chi connectivity index (χ2v) is 8.71. The largest absolute Gasteiger partial charge is 0.352 e. The number of benzene rings is 3. The number of aryl methyl sites for hydroxylation is 3. The van der Waals surface area contributed by atoms with Gasteiger partial charge in [0.05, 0.1) is 17.4 Å². The zero-order valence-corrected chi connectivity index (χ0v) is 19.3. The van der Waals surface area contributed by atoms with Crippen molar-refractivity contribution < 1.29 is 4.79 Å². The SMILES string of the molecule is Cc1ccc(Cn2c(=O)c3ccccc3n3c(=O)n(CC(=O)c4ccc(C)cc4C)nc23)cc1. The summed E-state index contributed by atoms with van der Waals surface area (Å²) >= 11 is 0. The van der Waals surface area contributed by atoms with Gasteiger partial charge in [0.1, 0.15) is 6.54 Å². The van der Waals surface area contributed by atoms with Crippen molar-refractivity contribution in [1.82, 2.24) is 18.7 Å². The van der Waals surface area contributed by atoms with E-state index in [1.807, 2.05) is 57.2 Å². The molecule has 5 aromatic rings. The van der Waals surface area contributed by atoms with Crippen LogP contribution in [0.4, 0.5) is 0 Å². The number of aromatic nitrogens is 4. The summed E-state index contributed by atoms with van der Waals surface area (Å²) in [5, 5.41) is 4.88. The smallest absolute Gasteiger partial charge is 0.292 e. The Morgan fingerprint density at radius 2 is 1.59 bits per heavy atom. The molecule has 0 atom stereocenters. The Bertz CT molecular complexity index is 1690. The van der Waals surface area contributed by atoms with Gasteiger partial charge < -0.3 is 0 Å². The molecule has 7 heteroatoms. The number of ketones is 1. The van der Waals surface area contributed by atoms with Crippen LogP contribution in [0.25, 0.3) is 16.7 Å². The maximum absolute atomic E-state index is 13.4. The number of Topliss-reactive ketones (excluding diaryl/α,β-unsaturated/α-hetero) is 1. The molecule has 0 saturated carbocycles. The molecule has 0 aliphatic heterocycles. The minimum atomic E-state index is -0.457. The van der Waals surface area contributed by atoms with Crippen molar-refractivity contribution in [3.8, 4) is 0 Å². The van der Waals surface area contributed by atoms with E-state index < -0.39 is 5.69 Å². The van der Waals surface area contributed by atoms with Gasteiger partial charge in [-0.05, 0) is 44.0 Å². The molecule has 0 unspecified atom stereocenters. The van der Waals surface area contributed by atoms with E-state index in [-0.39, 0.29) is 30.2 Å². The molecule has 0 spiro atoms. The van der Waals surface area contributed by atoms with Crippen molar-refractivity contribution in [3.63, 3.8) is 0 Å². The summed E-state index contributed by atoms with van der Waals surface area (Å²) < 4.78 is 4.06. The zero-order valence-electron chi connectivity index (χ0n) is 19.3. The van der Waals surface area contributed by atoms with Crippen molar-refractivity contribution in [2.75, 3.05) is 0 Å². The topological polar surface area (TPSA) is 78.4 Å². The highest BCUT2D eigenvalue weighted by molar-refractivity contribution is 5.97. The van der Waals surface area contributed by atoms with Crippen LogP contribution in [0.1, 0.15) is 32.6 Å². The van der Waals surface area contributed by atoms with E-state index in [1.54, 1.807) is 30.3 Å². The van der Waals surface area contributed by atoms with Gasteiger partial charge in [0.15, 0.2) is 5.78 Å². The van der Waals surface area contributed by atoms with Crippen molar-refractivity contribution in [3.05, 3.63) is 115 Å². The van der Waals surface area contributed by atoms with Crippen LogP contribution in [-0.4, -0.2) is 24.5 Å². The first-order valence-corrected chi connectivity index (χ1v) is 11.1. The van der Waals surface area contributed by atoms with Gasteiger partial charge in [-0.2, -0.15) is 0 Å². The van der Waals surface area contributed by atoms with Crippen LogP contribution < -0.4 is 11.2 Å². The Kier molecular flexibility index (Phi) is 5.24. The summed E-state index contributed by atoms with van der Waals surface area (Å²) in [4.78, 5) is 39.8. The molecule has 0 radical (unpaired) electrons. The normalized spacial score (nSPS) is 11.4. The second-order valence-electron chi connectivity index (χ2n) is 8.71. The van der Waals surface area contributed by atoms with Crippen LogP contribution in [0.5, 0.6) is 0 Å². The fraction of sp³-hybridized carbons (Fsp3) is 0.185. The van der Waals surface area contributed by atoms with Gasteiger partial charge in [-0.1, -0.05) is 65.7 Å². The van der Waals surface area contributed by atoms with Gasteiger partial charge in [-0.3, -0.25) is 14.2 Å². The highest BCUT2D eigenvalue weighted by atomic mass is 16.2. The fourth-order valence-corrected chi connectivity index (χ4v) is 4.34. The number of carbonyl (C=O) groups excluding carboxylic acids is 1. The minimum absolute atomic E-state index is 0.209. The van der Waals surface area contributed by atoms with Gasteiger partial charge in [-0.25, -0.2) is 13.9 Å².